The third kappa shape index (κ3) is 4.16. The first kappa shape index (κ1) is 19.8. The minimum absolute atomic E-state index is 0.00184. The molecule has 0 N–H and O–H groups in total. The molecule has 2 aliphatic heterocycles. The maximum absolute atomic E-state index is 12.8. The Kier molecular flexibility index (Phi) is 6.16. The summed E-state index contributed by atoms with van der Waals surface area (Å²) in [5.41, 5.74) is 0.853. The Morgan fingerprint density at radius 3 is 2.52 bits per heavy atom. The summed E-state index contributed by atoms with van der Waals surface area (Å²) < 4.78 is 10.8. The van der Waals surface area contributed by atoms with Crippen LogP contribution in [0, 0.1) is 0 Å². The molecule has 0 saturated carbocycles. The van der Waals surface area contributed by atoms with Gasteiger partial charge in [0.25, 0.3) is 0 Å². The summed E-state index contributed by atoms with van der Waals surface area (Å²) in [6, 6.07) is 5.55. The van der Waals surface area contributed by atoms with Crippen molar-refractivity contribution in [1.29, 1.82) is 0 Å². The first-order chi connectivity index (χ1) is 12.9. The van der Waals surface area contributed by atoms with Gasteiger partial charge in [0, 0.05) is 31.7 Å². The van der Waals surface area contributed by atoms with Gasteiger partial charge in [-0.1, -0.05) is 0 Å². The van der Waals surface area contributed by atoms with E-state index in [1.54, 1.807) is 19.1 Å². The van der Waals surface area contributed by atoms with Crippen LogP contribution in [0.5, 0.6) is 11.5 Å². The monoisotopic (exact) mass is 393 g/mol. The maximum Gasteiger partial charge on any atom is 0.242 e. The first-order valence-corrected chi connectivity index (χ1v) is 10.0. The number of nitrogens with zero attached hydrogens (tertiary/aromatic N) is 3. The van der Waals surface area contributed by atoms with E-state index in [-0.39, 0.29) is 29.0 Å². The largest absolute Gasteiger partial charge is 0.497 e. The van der Waals surface area contributed by atoms with E-state index >= 15 is 0 Å². The molecule has 148 valence electrons. The molecule has 3 rings (SSSR count). The predicted octanol–water partition coefficient (Wildman–Crippen LogP) is 1.44. The molecular formula is C19H27N3O4S. The van der Waals surface area contributed by atoms with Gasteiger partial charge in [-0.05, 0) is 32.2 Å². The summed E-state index contributed by atoms with van der Waals surface area (Å²) in [7, 11) is 5.26. The van der Waals surface area contributed by atoms with Gasteiger partial charge >= 0.3 is 0 Å². The maximum atomic E-state index is 12.8. The number of carbonyl (C=O) groups excluding carboxylic acids is 2. The van der Waals surface area contributed by atoms with Crippen molar-refractivity contribution in [3.05, 3.63) is 23.8 Å². The van der Waals surface area contributed by atoms with Crippen molar-refractivity contribution in [2.45, 2.75) is 17.5 Å². The fourth-order valence-electron chi connectivity index (χ4n) is 3.41. The highest BCUT2D eigenvalue weighted by atomic mass is 32.2. The normalized spacial score (nSPS) is 23.6. The molecule has 1 aromatic rings. The van der Waals surface area contributed by atoms with Gasteiger partial charge in [-0.3, -0.25) is 9.59 Å². The number of rotatable bonds is 5. The summed E-state index contributed by atoms with van der Waals surface area (Å²) in [4.78, 5) is 31.3. The number of likely N-dealkylation sites (N-methyl/N-ethyl adjacent to an activating group) is 1. The van der Waals surface area contributed by atoms with Crippen LogP contribution in [0.25, 0.3) is 0 Å². The summed E-state index contributed by atoms with van der Waals surface area (Å²) in [5.74, 6) is 1.37. The number of piperazine rings is 1. The average Bonchev–Trinajstić information content (AvgIpc) is 2.96. The van der Waals surface area contributed by atoms with Crippen LogP contribution < -0.4 is 9.47 Å². The van der Waals surface area contributed by atoms with E-state index in [2.05, 4.69) is 11.9 Å². The lowest BCUT2D eigenvalue weighted by Gasteiger charge is -2.34. The molecule has 0 bridgehead atoms. The summed E-state index contributed by atoms with van der Waals surface area (Å²) in [6.07, 6.45) is 0. The lowest BCUT2D eigenvalue weighted by Crippen LogP contribution is -2.50. The zero-order valence-electron chi connectivity index (χ0n) is 16.3. The van der Waals surface area contributed by atoms with Crippen molar-refractivity contribution in [3.63, 3.8) is 0 Å². The van der Waals surface area contributed by atoms with Crippen LogP contribution in [-0.2, 0) is 9.59 Å². The summed E-state index contributed by atoms with van der Waals surface area (Å²) in [5, 5.41) is -0.472. The Hall–Kier alpha value is -1.93. The number of amides is 2. The molecule has 27 heavy (non-hydrogen) atoms. The molecule has 0 radical (unpaired) electrons. The van der Waals surface area contributed by atoms with E-state index in [0.717, 1.165) is 18.7 Å². The Labute approximate surface area is 164 Å². The molecule has 2 aliphatic rings. The summed E-state index contributed by atoms with van der Waals surface area (Å²) >= 11 is 1.53. The van der Waals surface area contributed by atoms with Gasteiger partial charge in [0.05, 0.1) is 19.5 Å². The molecule has 0 unspecified atom stereocenters. The lowest BCUT2D eigenvalue weighted by molar-refractivity contribution is -0.140. The van der Waals surface area contributed by atoms with Crippen LogP contribution in [-0.4, -0.2) is 85.8 Å². The second kappa shape index (κ2) is 8.39. The molecule has 2 heterocycles. The fraction of sp³-hybridized carbons (Fsp3) is 0.579. The molecule has 0 spiro atoms. The molecule has 0 aliphatic carbocycles. The first-order valence-electron chi connectivity index (χ1n) is 9.08. The minimum Gasteiger partial charge on any atom is -0.497 e. The van der Waals surface area contributed by atoms with Crippen LogP contribution in [0.4, 0.5) is 0 Å². The van der Waals surface area contributed by atoms with Crippen molar-refractivity contribution < 1.29 is 19.1 Å². The molecule has 0 aromatic heterocycles. The highest BCUT2D eigenvalue weighted by molar-refractivity contribution is 8.01. The second-order valence-corrected chi connectivity index (χ2v) is 8.31. The number of ether oxygens (including phenoxy) is 2. The molecule has 8 heteroatoms. The number of hydrogen-bond acceptors (Lipinski definition) is 6. The van der Waals surface area contributed by atoms with E-state index in [1.165, 1.54) is 11.8 Å². The lowest BCUT2D eigenvalue weighted by atomic mass is 10.1. The highest BCUT2D eigenvalue weighted by Gasteiger charge is 2.41. The smallest absolute Gasteiger partial charge is 0.242 e. The van der Waals surface area contributed by atoms with Gasteiger partial charge in [0.2, 0.25) is 11.8 Å². The van der Waals surface area contributed by atoms with E-state index < -0.39 is 0 Å². The van der Waals surface area contributed by atoms with E-state index in [4.69, 9.17) is 9.47 Å². The molecular weight excluding hydrogens is 366 g/mol. The average molecular weight is 394 g/mol. The highest BCUT2D eigenvalue weighted by Crippen LogP contribution is 2.46. The quantitative estimate of drug-likeness (QED) is 0.754. The Bertz CT molecular complexity index is 706. The molecule has 7 nitrogen and oxygen atoms in total. The van der Waals surface area contributed by atoms with Crippen LogP contribution >= 0.6 is 11.8 Å². The Balaban J connectivity index is 1.82. The molecule has 2 fully saturated rings. The standard InChI is InChI=1S/C19H27N3O4S/c1-13-18(24)22(12-17(23)21-9-7-20(2)8-10-21)19(27-13)15-11-14(25-3)5-6-16(15)26-4/h5-6,11,13,19H,7-10,12H2,1-4H3/t13-,19+/m1/s1. The Morgan fingerprint density at radius 1 is 1.19 bits per heavy atom. The van der Waals surface area contributed by atoms with Crippen molar-refractivity contribution >= 4 is 23.6 Å². The number of carbonyl (C=O) groups is 2. The van der Waals surface area contributed by atoms with Gasteiger partial charge < -0.3 is 24.2 Å². The van der Waals surface area contributed by atoms with Gasteiger partial charge in [0.1, 0.15) is 23.4 Å². The van der Waals surface area contributed by atoms with Crippen molar-refractivity contribution in [2.24, 2.45) is 0 Å². The van der Waals surface area contributed by atoms with Crippen molar-refractivity contribution in [2.75, 3.05) is 54.0 Å². The topological polar surface area (TPSA) is 62.3 Å². The van der Waals surface area contributed by atoms with E-state index in [0.29, 0.717) is 24.6 Å². The Morgan fingerprint density at radius 2 is 1.89 bits per heavy atom. The van der Waals surface area contributed by atoms with Gasteiger partial charge in [-0.25, -0.2) is 0 Å². The third-order valence-electron chi connectivity index (χ3n) is 5.11. The molecule has 2 amide bonds. The minimum atomic E-state index is -0.269. The van der Waals surface area contributed by atoms with Gasteiger partial charge in [0.15, 0.2) is 0 Å². The third-order valence-corrected chi connectivity index (χ3v) is 6.49. The zero-order valence-corrected chi connectivity index (χ0v) is 17.1. The predicted molar refractivity (Wildman–Crippen MR) is 105 cm³/mol. The molecule has 2 saturated heterocycles. The van der Waals surface area contributed by atoms with Crippen LogP contribution in [0.2, 0.25) is 0 Å². The number of benzene rings is 1. The van der Waals surface area contributed by atoms with E-state index in [9.17, 15) is 9.59 Å². The molecule has 2 atom stereocenters. The van der Waals surface area contributed by atoms with E-state index in [1.807, 2.05) is 30.0 Å². The number of thioether (sulfide) groups is 1. The number of methoxy groups -OCH3 is 2. The van der Waals surface area contributed by atoms with Crippen LogP contribution in [0.15, 0.2) is 18.2 Å². The SMILES string of the molecule is COc1ccc(OC)c([C@@H]2S[C@H](C)C(=O)N2CC(=O)N2CCN(C)CC2)c1. The van der Waals surface area contributed by atoms with Gasteiger partial charge in [-0.2, -0.15) is 0 Å². The molecule has 1 aromatic carbocycles. The zero-order chi connectivity index (χ0) is 19.6. The number of hydrogen-bond donors (Lipinski definition) is 0. The van der Waals surface area contributed by atoms with Crippen LogP contribution in [0.1, 0.15) is 17.9 Å². The van der Waals surface area contributed by atoms with Crippen molar-refractivity contribution in [3.8, 4) is 11.5 Å². The van der Waals surface area contributed by atoms with Gasteiger partial charge in [-0.15, -0.1) is 11.8 Å². The summed E-state index contributed by atoms with van der Waals surface area (Å²) in [6.45, 7) is 5.09. The fourth-order valence-corrected chi connectivity index (χ4v) is 4.70. The van der Waals surface area contributed by atoms with Crippen molar-refractivity contribution in [1.82, 2.24) is 14.7 Å². The van der Waals surface area contributed by atoms with Crippen LogP contribution in [0.3, 0.4) is 0 Å². The second-order valence-electron chi connectivity index (χ2n) is 6.89.